The summed E-state index contributed by atoms with van der Waals surface area (Å²) in [5.41, 5.74) is 7.72. The predicted octanol–water partition coefficient (Wildman–Crippen LogP) is 3.23. The van der Waals surface area contributed by atoms with Crippen LogP contribution in [0.5, 0.6) is 0 Å². The van der Waals surface area contributed by atoms with Crippen LogP contribution >= 0.6 is 11.3 Å². The second kappa shape index (κ2) is 4.75. The number of nitrogens with two attached hydrogens (primary N) is 1. The fraction of sp³-hybridized carbons (Fsp3) is 0.308. The fourth-order valence-electron chi connectivity index (χ4n) is 1.64. The molecule has 2 rings (SSSR count). The molecular formula is C13H17N3S. The van der Waals surface area contributed by atoms with Crippen LogP contribution in [0.1, 0.15) is 23.4 Å². The van der Waals surface area contributed by atoms with Gasteiger partial charge in [-0.05, 0) is 30.9 Å². The summed E-state index contributed by atoms with van der Waals surface area (Å²) >= 11 is 1.76. The Balaban J connectivity index is 2.24. The largest absolute Gasteiger partial charge is 0.398 e. The molecule has 2 aromatic heterocycles. The molecule has 1 atom stereocenters. The maximum atomic E-state index is 5.91. The van der Waals surface area contributed by atoms with Crippen molar-refractivity contribution in [3.05, 3.63) is 40.2 Å². The van der Waals surface area contributed by atoms with Crippen molar-refractivity contribution in [2.24, 2.45) is 0 Å². The van der Waals surface area contributed by atoms with Crippen LogP contribution in [0.25, 0.3) is 0 Å². The lowest BCUT2D eigenvalue weighted by Crippen LogP contribution is -2.22. The molecule has 0 radical (unpaired) electrons. The molecule has 0 saturated carbocycles. The Morgan fingerprint density at radius 2 is 2.24 bits per heavy atom. The third-order valence-electron chi connectivity index (χ3n) is 3.03. The lowest BCUT2D eigenvalue weighted by atomic mass is 10.2. The van der Waals surface area contributed by atoms with Crippen molar-refractivity contribution >= 4 is 22.8 Å². The summed E-state index contributed by atoms with van der Waals surface area (Å²) in [4.78, 5) is 7.89. The summed E-state index contributed by atoms with van der Waals surface area (Å²) in [6, 6.07) is 6.45. The van der Waals surface area contributed by atoms with Gasteiger partial charge >= 0.3 is 0 Å². The van der Waals surface area contributed by atoms with Crippen LogP contribution in [-0.2, 0) is 0 Å². The maximum Gasteiger partial charge on any atom is 0.130 e. The van der Waals surface area contributed by atoms with E-state index in [9.17, 15) is 0 Å². The molecule has 2 aromatic rings. The highest BCUT2D eigenvalue weighted by atomic mass is 32.1. The predicted molar refractivity (Wildman–Crippen MR) is 74.5 cm³/mol. The van der Waals surface area contributed by atoms with Crippen LogP contribution in [0.2, 0.25) is 0 Å². The molecule has 0 aliphatic heterocycles. The minimum absolute atomic E-state index is 0.310. The summed E-state index contributed by atoms with van der Waals surface area (Å²) in [7, 11) is 2.04. The number of thiophene rings is 1. The first-order chi connectivity index (χ1) is 8.09. The van der Waals surface area contributed by atoms with Crippen molar-refractivity contribution < 1.29 is 0 Å². The van der Waals surface area contributed by atoms with Crippen LogP contribution in [0.15, 0.2) is 29.8 Å². The van der Waals surface area contributed by atoms with Gasteiger partial charge in [0.1, 0.15) is 5.82 Å². The quantitative estimate of drug-likeness (QED) is 0.905. The van der Waals surface area contributed by atoms with Crippen molar-refractivity contribution in [1.29, 1.82) is 0 Å². The number of hydrogen-bond donors (Lipinski definition) is 1. The zero-order valence-corrected chi connectivity index (χ0v) is 11.2. The van der Waals surface area contributed by atoms with E-state index in [2.05, 4.69) is 34.3 Å². The Bertz CT molecular complexity index is 493. The second-order valence-electron chi connectivity index (χ2n) is 4.20. The lowest BCUT2D eigenvalue weighted by molar-refractivity contribution is 0.742. The number of rotatable bonds is 3. The van der Waals surface area contributed by atoms with Crippen LogP contribution in [-0.4, -0.2) is 12.0 Å². The van der Waals surface area contributed by atoms with Crippen LogP contribution in [0, 0.1) is 6.92 Å². The highest BCUT2D eigenvalue weighted by Gasteiger charge is 2.14. The highest BCUT2D eigenvalue weighted by molar-refractivity contribution is 7.10. The molecule has 0 amide bonds. The molecule has 0 aliphatic carbocycles. The SMILES string of the molecule is Cc1cnc(N(C)C(C)c2cccs2)cc1N. The average Bonchev–Trinajstić information content (AvgIpc) is 2.84. The zero-order chi connectivity index (χ0) is 12.4. The fourth-order valence-corrected chi connectivity index (χ4v) is 2.47. The number of nitrogens with zero attached hydrogens (tertiary/aromatic N) is 2. The molecule has 0 fully saturated rings. The molecule has 90 valence electrons. The van der Waals surface area contributed by atoms with E-state index < -0.39 is 0 Å². The minimum atomic E-state index is 0.310. The van der Waals surface area contributed by atoms with E-state index in [0.29, 0.717) is 6.04 Å². The average molecular weight is 247 g/mol. The second-order valence-corrected chi connectivity index (χ2v) is 5.18. The Morgan fingerprint density at radius 3 is 2.82 bits per heavy atom. The molecule has 0 aliphatic rings. The van der Waals surface area contributed by atoms with Crippen molar-refractivity contribution in [2.75, 3.05) is 17.7 Å². The van der Waals surface area contributed by atoms with Crippen LogP contribution in [0.4, 0.5) is 11.5 Å². The third-order valence-corrected chi connectivity index (χ3v) is 4.07. The van der Waals surface area contributed by atoms with E-state index in [4.69, 9.17) is 5.73 Å². The number of anilines is 2. The van der Waals surface area contributed by atoms with Crippen molar-refractivity contribution in [3.63, 3.8) is 0 Å². The van der Waals surface area contributed by atoms with Gasteiger partial charge in [0.25, 0.3) is 0 Å². The molecule has 1 unspecified atom stereocenters. The van der Waals surface area contributed by atoms with Gasteiger partial charge in [-0.15, -0.1) is 11.3 Å². The van der Waals surface area contributed by atoms with E-state index >= 15 is 0 Å². The first-order valence-electron chi connectivity index (χ1n) is 5.58. The van der Waals surface area contributed by atoms with Crippen molar-refractivity contribution in [3.8, 4) is 0 Å². The standard InChI is InChI=1S/C13H17N3S/c1-9-8-15-13(7-11(9)14)16(3)10(2)12-5-4-6-17-12/h4-8,10H,1-3H3,(H2,14,15). The molecule has 0 aromatic carbocycles. The van der Waals surface area contributed by atoms with Gasteiger partial charge < -0.3 is 10.6 Å². The Hall–Kier alpha value is -1.55. The number of pyridine rings is 1. The zero-order valence-electron chi connectivity index (χ0n) is 10.3. The van der Waals surface area contributed by atoms with E-state index in [1.165, 1.54) is 4.88 Å². The highest BCUT2D eigenvalue weighted by Crippen LogP contribution is 2.28. The summed E-state index contributed by atoms with van der Waals surface area (Å²) in [6.07, 6.45) is 1.82. The van der Waals surface area contributed by atoms with Gasteiger partial charge in [0, 0.05) is 29.9 Å². The monoisotopic (exact) mass is 247 g/mol. The molecular weight excluding hydrogens is 230 g/mol. The van der Waals surface area contributed by atoms with E-state index in [1.807, 2.05) is 26.2 Å². The topological polar surface area (TPSA) is 42.2 Å². The summed E-state index contributed by atoms with van der Waals surface area (Å²) < 4.78 is 0. The van der Waals surface area contributed by atoms with Gasteiger partial charge in [0.15, 0.2) is 0 Å². The smallest absolute Gasteiger partial charge is 0.130 e. The number of aryl methyl sites for hydroxylation is 1. The molecule has 3 nitrogen and oxygen atoms in total. The normalized spacial score (nSPS) is 12.4. The third kappa shape index (κ3) is 2.42. The first-order valence-corrected chi connectivity index (χ1v) is 6.46. The molecule has 4 heteroatoms. The number of nitrogen functional groups attached to an aromatic ring is 1. The molecule has 0 bridgehead atoms. The van der Waals surface area contributed by atoms with Gasteiger partial charge in [-0.2, -0.15) is 0 Å². The number of hydrogen-bond acceptors (Lipinski definition) is 4. The van der Waals surface area contributed by atoms with Gasteiger partial charge in [-0.25, -0.2) is 4.98 Å². The van der Waals surface area contributed by atoms with Gasteiger partial charge in [-0.1, -0.05) is 6.07 Å². The van der Waals surface area contributed by atoms with Crippen LogP contribution < -0.4 is 10.6 Å². The molecule has 2 N–H and O–H groups in total. The Kier molecular flexibility index (Phi) is 3.33. The molecule has 17 heavy (non-hydrogen) atoms. The van der Waals surface area contributed by atoms with Crippen molar-refractivity contribution in [1.82, 2.24) is 4.98 Å². The number of aromatic nitrogens is 1. The first kappa shape index (κ1) is 11.9. The summed E-state index contributed by atoms with van der Waals surface area (Å²) in [5.74, 6) is 0.911. The maximum absolute atomic E-state index is 5.91. The Morgan fingerprint density at radius 1 is 1.47 bits per heavy atom. The van der Waals surface area contributed by atoms with E-state index in [1.54, 1.807) is 11.3 Å². The van der Waals surface area contributed by atoms with E-state index in [0.717, 1.165) is 17.1 Å². The lowest BCUT2D eigenvalue weighted by Gasteiger charge is -2.25. The molecule has 0 saturated heterocycles. The molecule has 0 spiro atoms. The van der Waals surface area contributed by atoms with Crippen LogP contribution in [0.3, 0.4) is 0 Å². The van der Waals surface area contributed by atoms with E-state index in [-0.39, 0.29) is 0 Å². The summed E-state index contributed by atoms with van der Waals surface area (Å²) in [5, 5.41) is 2.09. The van der Waals surface area contributed by atoms with Crippen molar-refractivity contribution in [2.45, 2.75) is 19.9 Å². The van der Waals surface area contributed by atoms with Gasteiger partial charge in [0.05, 0.1) is 6.04 Å². The van der Waals surface area contributed by atoms with Gasteiger partial charge in [0.2, 0.25) is 0 Å². The van der Waals surface area contributed by atoms with Gasteiger partial charge in [-0.3, -0.25) is 0 Å². The Labute approximate surface area is 106 Å². The summed E-state index contributed by atoms with van der Waals surface area (Å²) in [6.45, 7) is 4.14. The molecule has 2 heterocycles. The minimum Gasteiger partial charge on any atom is -0.398 e.